The molecule has 0 spiro atoms. The number of nitrogens with one attached hydrogen (secondary N) is 1. The second kappa shape index (κ2) is 6.94. The molecule has 0 saturated carbocycles. The van der Waals surface area contributed by atoms with Crippen LogP contribution in [0.4, 0.5) is 5.82 Å². The van der Waals surface area contributed by atoms with Crippen LogP contribution in [0.15, 0.2) is 24.5 Å². The number of hydrogen-bond donors (Lipinski definition) is 1. The average molecular weight is 366 g/mol. The van der Waals surface area contributed by atoms with Crippen molar-refractivity contribution in [3.05, 3.63) is 35.8 Å². The number of nitrogens with zero attached hydrogens (tertiary/aromatic N) is 5. The lowest BCUT2D eigenvalue weighted by Crippen LogP contribution is -2.41. The molecule has 1 saturated heterocycles. The van der Waals surface area contributed by atoms with E-state index in [1.165, 1.54) is 0 Å². The van der Waals surface area contributed by atoms with Gasteiger partial charge in [-0.15, -0.1) is 0 Å². The van der Waals surface area contributed by atoms with Gasteiger partial charge in [0.2, 0.25) is 11.8 Å². The molecule has 27 heavy (non-hydrogen) atoms. The highest BCUT2D eigenvalue weighted by molar-refractivity contribution is 5.89. The molecule has 4 rings (SSSR count). The SMILES string of the molecule is CN(C)c1nc(-c2ccncc2)nc2c1CCN(C(=O)[C@@H]1CNC(=O)C1)C2. The summed E-state index contributed by atoms with van der Waals surface area (Å²) < 4.78 is 0. The highest BCUT2D eigenvalue weighted by Crippen LogP contribution is 2.29. The number of fused-ring (bicyclic) bond motifs is 1. The lowest BCUT2D eigenvalue weighted by atomic mass is 10.0. The first kappa shape index (κ1) is 17.4. The van der Waals surface area contributed by atoms with E-state index in [1.54, 1.807) is 12.4 Å². The van der Waals surface area contributed by atoms with E-state index in [-0.39, 0.29) is 24.2 Å². The van der Waals surface area contributed by atoms with Gasteiger partial charge < -0.3 is 15.1 Å². The Bertz CT molecular complexity index is 883. The smallest absolute Gasteiger partial charge is 0.228 e. The molecule has 0 radical (unpaired) electrons. The molecule has 1 atom stereocenters. The second-order valence-corrected chi connectivity index (χ2v) is 7.14. The van der Waals surface area contributed by atoms with Crippen molar-refractivity contribution in [2.45, 2.75) is 19.4 Å². The fourth-order valence-corrected chi connectivity index (χ4v) is 3.64. The molecule has 0 unspecified atom stereocenters. The van der Waals surface area contributed by atoms with Gasteiger partial charge in [-0.05, 0) is 18.6 Å². The van der Waals surface area contributed by atoms with E-state index < -0.39 is 0 Å². The van der Waals surface area contributed by atoms with Crippen molar-refractivity contribution >= 4 is 17.6 Å². The summed E-state index contributed by atoms with van der Waals surface area (Å²) in [6, 6.07) is 3.76. The van der Waals surface area contributed by atoms with Crippen LogP contribution in [0, 0.1) is 5.92 Å². The summed E-state index contributed by atoms with van der Waals surface area (Å²) in [5.74, 6) is 1.22. The Morgan fingerprint density at radius 3 is 2.70 bits per heavy atom. The largest absolute Gasteiger partial charge is 0.362 e. The second-order valence-electron chi connectivity index (χ2n) is 7.14. The van der Waals surface area contributed by atoms with E-state index >= 15 is 0 Å². The molecule has 8 nitrogen and oxygen atoms in total. The van der Waals surface area contributed by atoms with Crippen LogP contribution >= 0.6 is 0 Å². The fourth-order valence-electron chi connectivity index (χ4n) is 3.64. The maximum absolute atomic E-state index is 12.8. The molecule has 140 valence electrons. The Labute approximate surface area is 157 Å². The Kier molecular flexibility index (Phi) is 4.47. The van der Waals surface area contributed by atoms with Crippen molar-refractivity contribution < 1.29 is 9.59 Å². The monoisotopic (exact) mass is 366 g/mol. The van der Waals surface area contributed by atoms with E-state index in [9.17, 15) is 9.59 Å². The summed E-state index contributed by atoms with van der Waals surface area (Å²) >= 11 is 0. The lowest BCUT2D eigenvalue weighted by molar-refractivity contribution is -0.136. The van der Waals surface area contributed by atoms with Crippen molar-refractivity contribution in [1.29, 1.82) is 0 Å². The third-order valence-electron chi connectivity index (χ3n) is 5.04. The number of anilines is 1. The number of carbonyl (C=O) groups is 2. The van der Waals surface area contributed by atoms with Gasteiger partial charge in [-0.25, -0.2) is 9.97 Å². The summed E-state index contributed by atoms with van der Waals surface area (Å²) in [6.07, 6.45) is 4.41. The predicted octanol–water partition coefficient (Wildman–Crippen LogP) is 0.625. The number of aromatic nitrogens is 3. The zero-order valence-corrected chi connectivity index (χ0v) is 15.5. The Hall–Kier alpha value is -3.03. The first-order chi connectivity index (χ1) is 13.0. The average Bonchev–Trinajstić information content (AvgIpc) is 3.13. The number of carbonyl (C=O) groups excluding carboxylic acids is 2. The van der Waals surface area contributed by atoms with E-state index in [0.717, 1.165) is 22.6 Å². The summed E-state index contributed by atoms with van der Waals surface area (Å²) in [6.45, 7) is 1.49. The third kappa shape index (κ3) is 3.34. The number of rotatable bonds is 3. The molecule has 1 fully saturated rings. The number of pyridine rings is 1. The van der Waals surface area contributed by atoms with Crippen molar-refractivity contribution in [3.8, 4) is 11.4 Å². The predicted molar refractivity (Wildman–Crippen MR) is 99.8 cm³/mol. The molecular formula is C19H22N6O2. The maximum atomic E-state index is 12.8. The molecule has 8 heteroatoms. The van der Waals surface area contributed by atoms with Crippen LogP contribution in [0.3, 0.4) is 0 Å². The van der Waals surface area contributed by atoms with Crippen molar-refractivity contribution in [1.82, 2.24) is 25.2 Å². The number of hydrogen-bond acceptors (Lipinski definition) is 6. The first-order valence-electron chi connectivity index (χ1n) is 9.06. The highest BCUT2D eigenvalue weighted by atomic mass is 16.2. The molecule has 2 aliphatic rings. The number of amides is 2. The van der Waals surface area contributed by atoms with Crippen molar-refractivity contribution in [3.63, 3.8) is 0 Å². The first-order valence-corrected chi connectivity index (χ1v) is 9.06. The van der Waals surface area contributed by atoms with Gasteiger partial charge in [-0.1, -0.05) is 0 Å². The van der Waals surface area contributed by atoms with Crippen molar-refractivity contribution in [2.24, 2.45) is 5.92 Å². The van der Waals surface area contributed by atoms with Gasteiger partial charge in [-0.3, -0.25) is 14.6 Å². The summed E-state index contributed by atoms with van der Waals surface area (Å²) in [4.78, 5) is 41.6. The minimum absolute atomic E-state index is 0.0227. The van der Waals surface area contributed by atoms with E-state index in [0.29, 0.717) is 31.9 Å². The molecule has 2 aromatic rings. The van der Waals surface area contributed by atoms with E-state index in [4.69, 9.17) is 9.97 Å². The van der Waals surface area contributed by atoms with Gasteiger partial charge in [-0.2, -0.15) is 0 Å². The van der Waals surface area contributed by atoms with Crippen LogP contribution in [-0.2, 0) is 22.6 Å². The minimum Gasteiger partial charge on any atom is -0.362 e. The fraction of sp³-hybridized carbons (Fsp3) is 0.421. The quantitative estimate of drug-likeness (QED) is 0.857. The molecular weight excluding hydrogens is 344 g/mol. The van der Waals surface area contributed by atoms with E-state index in [2.05, 4.69) is 10.3 Å². The molecule has 2 amide bonds. The van der Waals surface area contributed by atoms with Gasteiger partial charge in [0, 0.05) is 57.1 Å². The van der Waals surface area contributed by atoms with E-state index in [1.807, 2.05) is 36.0 Å². The Morgan fingerprint density at radius 2 is 2.04 bits per heavy atom. The summed E-state index contributed by atoms with van der Waals surface area (Å²) in [5.41, 5.74) is 2.85. The van der Waals surface area contributed by atoms with Gasteiger partial charge in [0.25, 0.3) is 0 Å². The molecule has 4 heterocycles. The topological polar surface area (TPSA) is 91.3 Å². The molecule has 0 aromatic carbocycles. The Balaban J connectivity index is 1.66. The normalized spacial score (nSPS) is 18.8. The molecule has 2 aromatic heterocycles. The van der Waals surface area contributed by atoms with Crippen molar-refractivity contribution in [2.75, 3.05) is 32.1 Å². The minimum atomic E-state index is -0.270. The van der Waals surface area contributed by atoms with Gasteiger partial charge in [0.05, 0.1) is 18.2 Å². The van der Waals surface area contributed by atoms with Gasteiger partial charge >= 0.3 is 0 Å². The van der Waals surface area contributed by atoms with Gasteiger partial charge in [0.15, 0.2) is 5.82 Å². The summed E-state index contributed by atoms with van der Waals surface area (Å²) in [5, 5.41) is 2.74. The van der Waals surface area contributed by atoms with Crippen LogP contribution in [0.5, 0.6) is 0 Å². The molecule has 2 aliphatic heterocycles. The lowest BCUT2D eigenvalue weighted by Gasteiger charge is -2.32. The van der Waals surface area contributed by atoms with Crippen LogP contribution in [0.25, 0.3) is 11.4 Å². The Morgan fingerprint density at radius 1 is 1.26 bits per heavy atom. The van der Waals surface area contributed by atoms with Crippen LogP contribution in [0.1, 0.15) is 17.7 Å². The highest BCUT2D eigenvalue weighted by Gasteiger charge is 2.34. The zero-order valence-electron chi connectivity index (χ0n) is 15.5. The van der Waals surface area contributed by atoms with Gasteiger partial charge in [0.1, 0.15) is 5.82 Å². The van der Waals surface area contributed by atoms with Crippen LogP contribution < -0.4 is 10.2 Å². The standard InChI is InChI=1S/C19H22N6O2/c1-24(2)18-14-5-8-25(19(27)13-9-16(26)21-10-13)11-15(14)22-17(23-18)12-3-6-20-7-4-12/h3-4,6-7,13H,5,8-11H2,1-2H3,(H,21,26)/t13-/m0/s1. The van der Waals surface area contributed by atoms with Crippen LogP contribution in [-0.4, -0.2) is 58.9 Å². The third-order valence-corrected chi connectivity index (χ3v) is 5.04. The summed E-state index contributed by atoms with van der Waals surface area (Å²) in [7, 11) is 3.93. The zero-order chi connectivity index (χ0) is 19.0. The van der Waals surface area contributed by atoms with Crippen LogP contribution in [0.2, 0.25) is 0 Å². The molecule has 0 aliphatic carbocycles. The molecule has 0 bridgehead atoms. The maximum Gasteiger partial charge on any atom is 0.228 e. The molecule has 1 N–H and O–H groups in total.